The molecule has 6 heteroatoms. The van der Waals surface area contributed by atoms with Crippen LogP contribution >= 0.6 is 23.2 Å². The highest BCUT2D eigenvalue weighted by atomic mass is 35.5. The molecule has 2 N–H and O–H groups in total. The van der Waals surface area contributed by atoms with E-state index in [0.29, 0.717) is 35.2 Å². The summed E-state index contributed by atoms with van der Waals surface area (Å²) in [6, 6.07) is 19.5. The molecule has 0 saturated heterocycles. The minimum Gasteiger partial charge on any atom is -0.337 e. The average molecular weight is 458 g/mol. The van der Waals surface area contributed by atoms with Crippen molar-refractivity contribution >= 4 is 39.9 Å². The van der Waals surface area contributed by atoms with Crippen molar-refractivity contribution in [3.05, 3.63) is 81.8 Å². The van der Waals surface area contributed by atoms with E-state index < -0.39 is 0 Å². The van der Waals surface area contributed by atoms with Crippen LogP contribution in [-0.4, -0.2) is 56.0 Å². The van der Waals surface area contributed by atoms with E-state index in [9.17, 15) is 4.79 Å². The lowest BCUT2D eigenvalue weighted by Crippen LogP contribution is -2.39. The van der Waals surface area contributed by atoms with Gasteiger partial charge in [-0.2, -0.15) is 0 Å². The fourth-order valence-corrected chi connectivity index (χ4v) is 4.13. The van der Waals surface area contributed by atoms with Crippen molar-refractivity contribution in [1.82, 2.24) is 9.80 Å². The molecule has 3 rings (SSSR count). The third-order valence-corrected chi connectivity index (χ3v) is 6.23. The summed E-state index contributed by atoms with van der Waals surface area (Å²) in [6.07, 6.45) is 0.884. The first-order valence-corrected chi connectivity index (χ1v) is 11.2. The predicted molar refractivity (Wildman–Crippen MR) is 131 cm³/mol. The van der Waals surface area contributed by atoms with Gasteiger partial charge in [-0.25, -0.2) is 0 Å². The van der Waals surface area contributed by atoms with E-state index in [1.807, 2.05) is 79.7 Å². The molecular formula is C25H29Cl2N3O. The van der Waals surface area contributed by atoms with Gasteiger partial charge in [0.2, 0.25) is 0 Å². The number of nitrogens with zero attached hydrogens (tertiary/aromatic N) is 2. The van der Waals surface area contributed by atoms with Gasteiger partial charge in [0, 0.05) is 31.1 Å². The first-order valence-electron chi connectivity index (χ1n) is 10.5. The molecule has 1 atom stereocenters. The van der Waals surface area contributed by atoms with Gasteiger partial charge in [-0.1, -0.05) is 65.7 Å². The van der Waals surface area contributed by atoms with Gasteiger partial charge in [-0.3, -0.25) is 4.79 Å². The molecule has 4 nitrogen and oxygen atoms in total. The minimum atomic E-state index is -0.00263. The molecule has 31 heavy (non-hydrogen) atoms. The van der Waals surface area contributed by atoms with E-state index in [4.69, 9.17) is 28.9 Å². The van der Waals surface area contributed by atoms with Gasteiger partial charge in [-0.15, -0.1) is 0 Å². The molecule has 0 aliphatic rings. The highest BCUT2D eigenvalue weighted by Crippen LogP contribution is 2.30. The predicted octanol–water partition coefficient (Wildman–Crippen LogP) is 5.28. The van der Waals surface area contributed by atoms with Crippen LogP contribution in [0.3, 0.4) is 0 Å². The largest absolute Gasteiger partial charge is 0.337 e. The van der Waals surface area contributed by atoms with Crippen LogP contribution in [0.25, 0.3) is 10.8 Å². The molecule has 1 amide bonds. The summed E-state index contributed by atoms with van der Waals surface area (Å²) < 4.78 is 0. The normalized spacial score (nSPS) is 12.3. The Morgan fingerprint density at radius 2 is 1.71 bits per heavy atom. The Hall–Kier alpha value is -2.11. The zero-order chi connectivity index (χ0) is 22.4. The lowest BCUT2D eigenvalue weighted by molar-refractivity contribution is 0.0748. The van der Waals surface area contributed by atoms with E-state index >= 15 is 0 Å². The molecule has 0 aliphatic carbocycles. The van der Waals surface area contributed by atoms with Crippen LogP contribution in [-0.2, 0) is 0 Å². The number of carbonyl (C=O) groups is 1. The van der Waals surface area contributed by atoms with Crippen LogP contribution < -0.4 is 5.73 Å². The van der Waals surface area contributed by atoms with Crippen LogP contribution in [0.4, 0.5) is 0 Å². The average Bonchev–Trinajstić information content (AvgIpc) is 2.77. The fraction of sp³-hybridized carbons (Fsp3) is 0.320. The highest BCUT2D eigenvalue weighted by molar-refractivity contribution is 6.42. The number of carbonyl (C=O) groups excluding carboxylic acids is 1. The Balaban J connectivity index is 1.93. The Morgan fingerprint density at radius 3 is 2.42 bits per heavy atom. The Morgan fingerprint density at radius 1 is 0.968 bits per heavy atom. The quantitative estimate of drug-likeness (QED) is 0.475. The molecule has 3 aromatic carbocycles. The highest BCUT2D eigenvalue weighted by Gasteiger charge is 2.23. The molecule has 0 aromatic heterocycles. The molecular weight excluding hydrogens is 429 g/mol. The van der Waals surface area contributed by atoms with E-state index in [1.54, 1.807) is 0 Å². The van der Waals surface area contributed by atoms with Gasteiger partial charge >= 0.3 is 0 Å². The van der Waals surface area contributed by atoms with Crippen LogP contribution in [0.5, 0.6) is 0 Å². The van der Waals surface area contributed by atoms with Crippen LogP contribution in [0.15, 0.2) is 60.7 Å². The topological polar surface area (TPSA) is 49.6 Å². The Kier molecular flexibility index (Phi) is 8.33. The molecule has 164 valence electrons. The molecule has 0 fully saturated rings. The number of halogens is 2. The summed E-state index contributed by atoms with van der Waals surface area (Å²) in [7, 11) is 4.09. The second-order valence-electron chi connectivity index (χ2n) is 8.03. The van der Waals surface area contributed by atoms with Gasteiger partial charge in [-0.05, 0) is 61.6 Å². The van der Waals surface area contributed by atoms with Crippen LogP contribution in [0.1, 0.15) is 28.3 Å². The van der Waals surface area contributed by atoms with Crippen molar-refractivity contribution in [2.45, 2.75) is 12.3 Å². The van der Waals surface area contributed by atoms with Crippen LogP contribution in [0, 0.1) is 0 Å². The lowest BCUT2D eigenvalue weighted by Gasteiger charge is -2.29. The van der Waals surface area contributed by atoms with E-state index in [-0.39, 0.29) is 11.8 Å². The summed E-state index contributed by atoms with van der Waals surface area (Å²) in [6.45, 7) is 2.34. The Labute approximate surface area is 194 Å². The van der Waals surface area contributed by atoms with Gasteiger partial charge in [0.25, 0.3) is 5.91 Å². The van der Waals surface area contributed by atoms with Gasteiger partial charge in [0.1, 0.15) is 0 Å². The molecule has 0 unspecified atom stereocenters. The second-order valence-corrected chi connectivity index (χ2v) is 8.84. The maximum absolute atomic E-state index is 13.6. The molecule has 0 saturated carbocycles. The summed E-state index contributed by atoms with van der Waals surface area (Å²) in [5.41, 5.74) is 7.67. The van der Waals surface area contributed by atoms with Crippen LogP contribution in [0.2, 0.25) is 10.0 Å². The SMILES string of the molecule is CN(C)CC[C@H](CN(CCN)C(=O)c1cccc2ccccc12)c1ccc(Cl)c(Cl)c1. The van der Waals surface area contributed by atoms with Crippen molar-refractivity contribution < 1.29 is 4.79 Å². The maximum atomic E-state index is 13.6. The molecule has 0 spiro atoms. The molecule has 3 aromatic rings. The first-order chi connectivity index (χ1) is 14.9. The third kappa shape index (κ3) is 5.98. The minimum absolute atomic E-state index is 0.00263. The number of benzene rings is 3. The van der Waals surface area contributed by atoms with Crippen molar-refractivity contribution in [3.63, 3.8) is 0 Å². The van der Waals surface area contributed by atoms with E-state index in [1.165, 1.54) is 0 Å². The smallest absolute Gasteiger partial charge is 0.254 e. The summed E-state index contributed by atoms with van der Waals surface area (Å²) in [5.74, 6) is 0.111. The van der Waals surface area contributed by atoms with Crippen molar-refractivity contribution in [2.24, 2.45) is 5.73 Å². The maximum Gasteiger partial charge on any atom is 0.254 e. The van der Waals surface area contributed by atoms with E-state index in [0.717, 1.165) is 29.3 Å². The third-order valence-electron chi connectivity index (χ3n) is 5.49. The zero-order valence-corrected chi connectivity index (χ0v) is 19.5. The Bertz CT molecular complexity index is 1030. The second kappa shape index (κ2) is 11.0. The zero-order valence-electron chi connectivity index (χ0n) is 18.0. The van der Waals surface area contributed by atoms with Gasteiger partial charge in [0.15, 0.2) is 0 Å². The fourth-order valence-electron chi connectivity index (χ4n) is 3.82. The van der Waals surface area contributed by atoms with Gasteiger partial charge < -0.3 is 15.5 Å². The number of hydrogen-bond acceptors (Lipinski definition) is 3. The van der Waals surface area contributed by atoms with Crippen molar-refractivity contribution in [1.29, 1.82) is 0 Å². The number of nitrogens with two attached hydrogens (primary N) is 1. The number of fused-ring (bicyclic) bond motifs is 1. The van der Waals surface area contributed by atoms with Crippen molar-refractivity contribution in [3.8, 4) is 0 Å². The summed E-state index contributed by atoms with van der Waals surface area (Å²) >= 11 is 12.4. The summed E-state index contributed by atoms with van der Waals surface area (Å²) in [5, 5.41) is 3.06. The monoisotopic (exact) mass is 457 g/mol. The molecule has 0 aliphatic heterocycles. The standard InChI is InChI=1S/C25H29Cl2N3O/c1-29(2)14-12-20(19-10-11-23(26)24(27)16-19)17-30(15-13-28)25(31)22-9-5-7-18-6-3-4-8-21(18)22/h3-11,16,20H,12-15,17,28H2,1-2H3/t20-/m1/s1. The number of rotatable bonds is 9. The van der Waals surface area contributed by atoms with Gasteiger partial charge in [0.05, 0.1) is 10.0 Å². The number of amides is 1. The molecule has 0 radical (unpaired) electrons. The number of hydrogen-bond donors (Lipinski definition) is 1. The first kappa shape index (κ1) is 23.6. The van der Waals surface area contributed by atoms with E-state index in [2.05, 4.69) is 4.90 Å². The molecule has 0 bridgehead atoms. The molecule has 0 heterocycles. The summed E-state index contributed by atoms with van der Waals surface area (Å²) in [4.78, 5) is 17.6. The lowest BCUT2D eigenvalue weighted by atomic mass is 9.94. The van der Waals surface area contributed by atoms with Crippen molar-refractivity contribution in [2.75, 3.05) is 40.3 Å².